The first-order valence-electron chi connectivity index (χ1n) is 6.90. The van der Waals surface area contributed by atoms with Crippen LogP contribution in [0.5, 0.6) is 0 Å². The molecule has 2 aliphatic carbocycles. The summed E-state index contributed by atoms with van der Waals surface area (Å²) in [7, 11) is 0. The summed E-state index contributed by atoms with van der Waals surface area (Å²) >= 11 is 3.80. The van der Waals surface area contributed by atoms with Crippen molar-refractivity contribution in [1.82, 2.24) is 0 Å². The largest absolute Gasteiger partial charge is 0.390 e. The smallest absolute Gasteiger partial charge is 0.0776 e. The minimum absolute atomic E-state index is 0.0862. The Balaban J connectivity index is 2.35. The zero-order valence-corrected chi connectivity index (χ0v) is 13.2. The molecule has 0 saturated heterocycles. The summed E-state index contributed by atoms with van der Waals surface area (Å²) in [5.41, 5.74) is 0.233. The normalized spacial score (nSPS) is 49.8. The van der Waals surface area contributed by atoms with Gasteiger partial charge in [0, 0.05) is 4.83 Å². The third-order valence-corrected chi connectivity index (χ3v) is 6.86. The Morgan fingerprint density at radius 2 is 1.94 bits per heavy atom. The van der Waals surface area contributed by atoms with E-state index in [1.165, 1.54) is 0 Å². The number of alkyl halides is 1. The van der Waals surface area contributed by atoms with Crippen molar-refractivity contribution in [2.45, 2.75) is 63.0 Å². The van der Waals surface area contributed by atoms with E-state index in [2.05, 4.69) is 29.4 Å². The Kier molecular flexibility index (Phi) is 3.72. The highest BCUT2D eigenvalue weighted by Gasteiger charge is 2.59. The molecule has 0 bridgehead atoms. The molecule has 0 aromatic carbocycles. The molecule has 0 radical (unpaired) electrons. The third kappa shape index (κ3) is 2.08. The van der Waals surface area contributed by atoms with Gasteiger partial charge in [-0.1, -0.05) is 35.0 Å². The van der Waals surface area contributed by atoms with Crippen molar-refractivity contribution in [1.29, 1.82) is 0 Å². The molecule has 18 heavy (non-hydrogen) atoms. The first-order valence-corrected chi connectivity index (χ1v) is 7.81. The lowest BCUT2D eigenvalue weighted by Crippen LogP contribution is -2.54. The van der Waals surface area contributed by atoms with Gasteiger partial charge < -0.3 is 10.2 Å². The van der Waals surface area contributed by atoms with Crippen molar-refractivity contribution >= 4 is 15.9 Å². The minimum atomic E-state index is -0.670. The van der Waals surface area contributed by atoms with Crippen LogP contribution in [0, 0.1) is 17.3 Å². The van der Waals surface area contributed by atoms with Crippen LogP contribution in [-0.2, 0) is 0 Å². The van der Waals surface area contributed by atoms with Crippen LogP contribution in [0.15, 0.2) is 12.2 Å². The molecule has 3 heteroatoms. The van der Waals surface area contributed by atoms with Crippen LogP contribution in [0.1, 0.15) is 46.5 Å². The molecule has 2 fully saturated rings. The fourth-order valence-electron chi connectivity index (χ4n) is 4.42. The van der Waals surface area contributed by atoms with E-state index in [-0.39, 0.29) is 17.3 Å². The molecule has 6 atom stereocenters. The van der Waals surface area contributed by atoms with E-state index in [9.17, 15) is 10.2 Å². The van der Waals surface area contributed by atoms with Crippen molar-refractivity contribution < 1.29 is 10.2 Å². The molecule has 2 N–H and O–H groups in total. The van der Waals surface area contributed by atoms with Crippen LogP contribution in [0.4, 0.5) is 0 Å². The lowest BCUT2D eigenvalue weighted by atomic mass is 9.59. The second-order valence-corrected chi connectivity index (χ2v) is 7.95. The second-order valence-electron chi connectivity index (χ2n) is 6.84. The molecule has 2 saturated carbocycles. The van der Waals surface area contributed by atoms with E-state index in [0.29, 0.717) is 4.83 Å². The molecule has 2 rings (SSSR count). The van der Waals surface area contributed by atoms with Gasteiger partial charge in [0.2, 0.25) is 0 Å². The summed E-state index contributed by atoms with van der Waals surface area (Å²) in [5, 5.41) is 21.1. The van der Waals surface area contributed by atoms with E-state index >= 15 is 0 Å². The topological polar surface area (TPSA) is 40.5 Å². The van der Waals surface area contributed by atoms with Gasteiger partial charge in [-0.15, -0.1) is 0 Å². The van der Waals surface area contributed by atoms with Gasteiger partial charge in [0.05, 0.1) is 11.7 Å². The maximum absolute atomic E-state index is 10.8. The quantitative estimate of drug-likeness (QED) is 0.606. The zero-order chi connectivity index (χ0) is 13.7. The lowest BCUT2D eigenvalue weighted by Gasteiger charge is -2.51. The Hall–Kier alpha value is 0.140. The second kappa shape index (κ2) is 4.60. The van der Waals surface area contributed by atoms with Crippen LogP contribution >= 0.6 is 15.9 Å². The van der Waals surface area contributed by atoms with Gasteiger partial charge in [-0.25, -0.2) is 0 Å². The molecule has 0 aliphatic heterocycles. The fourth-order valence-corrected chi connectivity index (χ4v) is 5.16. The maximum atomic E-state index is 10.8. The van der Waals surface area contributed by atoms with Gasteiger partial charge in [-0.2, -0.15) is 0 Å². The van der Waals surface area contributed by atoms with E-state index in [1.54, 1.807) is 0 Å². The number of fused-ring (bicyclic) bond motifs is 1. The average molecular weight is 317 g/mol. The van der Waals surface area contributed by atoms with Crippen LogP contribution in [0.3, 0.4) is 0 Å². The van der Waals surface area contributed by atoms with E-state index in [1.807, 2.05) is 13.8 Å². The highest BCUT2D eigenvalue weighted by molar-refractivity contribution is 9.09. The van der Waals surface area contributed by atoms with Crippen molar-refractivity contribution in [3.8, 4) is 0 Å². The number of aliphatic hydroxyl groups is 2. The summed E-state index contributed by atoms with van der Waals surface area (Å²) < 4.78 is 0. The number of aliphatic hydroxyl groups excluding tert-OH is 1. The van der Waals surface area contributed by atoms with Gasteiger partial charge in [-0.05, 0) is 56.8 Å². The lowest BCUT2D eigenvalue weighted by molar-refractivity contribution is -0.106. The van der Waals surface area contributed by atoms with Crippen molar-refractivity contribution in [3.05, 3.63) is 12.2 Å². The Labute approximate surface area is 119 Å². The first kappa shape index (κ1) is 14.5. The Morgan fingerprint density at radius 1 is 1.33 bits per heavy atom. The van der Waals surface area contributed by atoms with Gasteiger partial charge in [0.1, 0.15) is 0 Å². The fraction of sp³-hybridized carbons (Fsp3) is 0.867. The van der Waals surface area contributed by atoms with Gasteiger partial charge in [-0.3, -0.25) is 0 Å². The minimum Gasteiger partial charge on any atom is -0.390 e. The van der Waals surface area contributed by atoms with Crippen molar-refractivity contribution in [2.24, 2.45) is 17.3 Å². The van der Waals surface area contributed by atoms with Gasteiger partial charge in [0.25, 0.3) is 0 Å². The molecule has 0 amide bonds. The Morgan fingerprint density at radius 3 is 2.50 bits per heavy atom. The highest BCUT2D eigenvalue weighted by Crippen LogP contribution is 2.61. The van der Waals surface area contributed by atoms with Gasteiger partial charge in [0.15, 0.2) is 0 Å². The molecule has 0 aromatic heterocycles. The van der Waals surface area contributed by atoms with E-state index in [0.717, 1.165) is 31.3 Å². The number of halogens is 1. The van der Waals surface area contributed by atoms with Crippen LogP contribution in [0.25, 0.3) is 0 Å². The van der Waals surface area contributed by atoms with Crippen LogP contribution < -0.4 is 0 Å². The molecular formula is C15H25BrO2. The predicted molar refractivity (Wildman–Crippen MR) is 77.7 cm³/mol. The van der Waals surface area contributed by atoms with E-state index in [4.69, 9.17) is 0 Å². The number of hydrogen-bond acceptors (Lipinski definition) is 2. The SMILES string of the molecule is C=C(C)C(O)C1CCC2(C)C(Br)CCC(C)(O)C12. The summed E-state index contributed by atoms with van der Waals surface area (Å²) in [5.74, 6) is 0.290. The van der Waals surface area contributed by atoms with Crippen molar-refractivity contribution in [3.63, 3.8) is 0 Å². The van der Waals surface area contributed by atoms with Gasteiger partial charge >= 0.3 is 0 Å². The van der Waals surface area contributed by atoms with E-state index < -0.39 is 11.7 Å². The average Bonchev–Trinajstić information content (AvgIpc) is 2.64. The summed E-state index contributed by atoms with van der Waals surface area (Å²) in [4.78, 5) is 0.442. The highest BCUT2D eigenvalue weighted by atomic mass is 79.9. The molecule has 0 spiro atoms. The standard InChI is InChI=1S/C15H25BrO2/c1-9(2)12(17)10-5-7-14(3)11(16)6-8-15(4,18)13(10)14/h10-13,17-18H,1,5-8H2,2-4H3. The zero-order valence-electron chi connectivity index (χ0n) is 11.6. The number of rotatable bonds is 2. The Bertz CT molecular complexity index is 352. The molecule has 0 aromatic rings. The molecule has 6 unspecified atom stereocenters. The monoisotopic (exact) mass is 316 g/mol. The predicted octanol–water partition coefficient (Wildman–Crippen LogP) is 3.26. The first-order chi connectivity index (χ1) is 8.20. The molecular weight excluding hydrogens is 292 g/mol. The number of hydrogen-bond donors (Lipinski definition) is 2. The maximum Gasteiger partial charge on any atom is 0.0776 e. The molecule has 104 valence electrons. The summed E-state index contributed by atoms with van der Waals surface area (Å²) in [6, 6.07) is 0. The summed E-state index contributed by atoms with van der Waals surface area (Å²) in [6.45, 7) is 9.96. The summed E-state index contributed by atoms with van der Waals surface area (Å²) in [6.07, 6.45) is 3.38. The molecule has 2 nitrogen and oxygen atoms in total. The van der Waals surface area contributed by atoms with Crippen LogP contribution in [-0.4, -0.2) is 26.7 Å². The molecule has 2 aliphatic rings. The molecule has 0 heterocycles. The van der Waals surface area contributed by atoms with Crippen LogP contribution in [0.2, 0.25) is 0 Å². The third-order valence-electron chi connectivity index (χ3n) is 5.35. The van der Waals surface area contributed by atoms with Crippen molar-refractivity contribution in [2.75, 3.05) is 0 Å².